The van der Waals surface area contributed by atoms with Crippen LogP contribution in [-0.4, -0.2) is 38.3 Å². The van der Waals surface area contributed by atoms with Crippen LogP contribution in [0, 0.1) is 0 Å². The Bertz CT molecular complexity index is 941. The van der Waals surface area contributed by atoms with Gasteiger partial charge in [-0.15, -0.1) is 0 Å². The number of amides is 1. The minimum Gasteiger partial charge on any atom is -0.376 e. The zero-order valence-electron chi connectivity index (χ0n) is 16.0. The Morgan fingerprint density at radius 2 is 1.62 bits per heavy atom. The molecule has 0 saturated carbocycles. The number of sulfonamides is 1. The van der Waals surface area contributed by atoms with E-state index in [9.17, 15) is 26.4 Å². The summed E-state index contributed by atoms with van der Waals surface area (Å²) in [4.78, 5) is 12.1. The van der Waals surface area contributed by atoms with Gasteiger partial charge in [-0.25, -0.2) is 8.42 Å². The highest BCUT2D eigenvalue weighted by Gasteiger charge is 2.30. The van der Waals surface area contributed by atoms with Crippen LogP contribution < -0.4 is 10.6 Å². The maximum atomic E-state index is 12.7. The summed E-state index contributed by atoms with van der Waals surface area (Å²) < 4.78 is 64.3. The van der Waals surface area contributed by atoms with Crippen molar-refractivity contribution >= 4 is 27.3 Å². The molecule has 0 aromatic heterocycles. The summed E-state index contributed by atoms with van der Waals surface area (Å²) >= 11 is 0. The third-order valence-corrected chi connectivity index (χ3v) is 6.19. The third kappa shape index (κ3) is 5.94. The summed E-state index contributed by atoms with van der Waals surface area (Å²) in [7, 11) is -3.59. The van der Waals surface area contributed by atoms with E-state index in [-0.39, 0.29) is 17.1 Å². The van der Waals surface area contributed by atoms with Crippen molar-refractivity contribution in [3.63, 3.8) is 0 Å². The van der Waals surface area contributed by atoms with Crippen molar-refractivity contribution in [2.24, 2.45) is 0 Å². The van der Waals surface area contributed by atoms with Gasteiger partial charge in [0, 0.05) is 24.5 Å². The molecule has 0 saturated heterocycles. The molecule has 10 heteroatoms. The first-order valence-corrected chi connectivity index (χ1v) is 10.3. The molecule has 2 N–H and O–H groups in total. The zero-order valence-corrected chi connectivity index (χ0v) is 16.8. The van der Waals surface area contributed by atoms with Gasteiger partial charge < -0.3 is 10.6 Å². The van der Waals surface area contributed by atoms with Crippen molar-refractivity contribution in [3.05, 3.63) is 54.1 Å². The molecule has 6 nitrogen and oxygen atoms in total. The molecular formula is C19H22F3N3O3S. The first-order valence-electron chi connectivity index (χ1n) is 8.89. The molecule has 1 amide bonds. The number of nitrogens with one attached hydrogen (secondary N) is 2. The summed E-state index contributed by atoms with van der Waals surface area (Å²) in [6.45, 7) is 3.93. The largest absolute Gasteiger partial charge is 0.416 e. The minimum absolute atomic E-state index is 0.112. The highest BCUT2D eigenvalue weighted by atomic mass is 32.2. The lowest BCUT2D eigenvalue weighted by Gasteiger charge is -2.18. The number of rotatable bonds is 8. The van der Waals surface area contributed by atoms with E-state index in [2.05, 4.69) is 10.6 Å². The molecule has 158 valence electrons. The van der Waals surface area contributed by atoms with Gasteiger partial charge in [0.05, 0.1) is 17.0 Å². The molecule has 0 radical (unpaired) electrons. The van der Waals surface area contributed by atoms with Crippen molar-refractivity contribution in [2.75, 3.05) is 30.3 Å². The van der Waals surface area contributed by atoms with Crippen molar-refractivity contribution in [2.45, 2.75) is 24.9 Å². The fraction of sp³-hybridized carbons (Fsp3) is 0.316. The van der Waals surface area contributed by atoms with Gasteiger partial charge in [0.2, 0.25) is 15.9 Å². The SMILES string of the molecule is CCN(CC)S(=O)(=O)c1ccc(NC(=O)CNc2cccc(C(F)(F)F)c2)cc1. The first-order chi connectivity index (χ1) is 13.6. The monoisotopic (exact) mass is 429 g/mol. The molecule has 0 atom stereocenters. The smallest absolute Gasteiger partial charge is 0.376 e. The third-order valence-electron chi connectivity index (χ3n) is 4.12. The summed E-state index contributed by atoms with van der Waals surface area (Å²) in [5.74, 6) is -0.484. The van der Waals surface area contributed by atoms with Gasteiger partial charge in [-0.2, -0.15) is 17.5 Å². The van der Waals surface area contributed by atoms with Crippen LogP contribution >= 0.6 is 0 Å². The summed E-state index contributed by atoms with van der Waals surface area (Å²) in [6, 6.07) is 10.2. The molecule has 29 heavy (non-hydrogen) atoms. The number of halogens is 3. The van der Waals surface area contributed by atoms with Crippen LogP contribution in [0.4, 0.5) is 24.5 Å². The van der Waals surface area contributed by atoms with E-state index in [1.54, 1.807) is 13.8 Å². The van der Waals surface area contributed by atoms with E-state index in [1.807, 2.05) is 0 Å². The van der Waals surface area contributed by atoms with Crippen molar-refractivity contribution in [3.8, 4) is 0 Å². The van der Waals surface area contributed by atoms with Gasteiger partial charge in [-0.05, 0) is 42.5 Å². The molecule has 0 heterocycles. The number of carbonyl (C=O) groups is 1. The molecular weight excluding hydrogens is 407 g/mol. The number of alkyl halides is 3. The van der Waals surface area contributed by atoms with E-state index in [1.165, 1.54) is 40.7 Å². The standard InChI is InChI=1S/C19H22F3N3O3S/c1-3-25(4-2)29(27,28)17-10-8-15(9-11-17)24-18(26)13-23-16-7-5-6-14(12-16)19(20,21)22/h5-12,23H,3-4,13H2,1-2H3,(H,24,26). The number of nitrogens with zero attached hydrogens (tertiary/aromatic N) is 1. The average molecular weight is 429 g/mol. The summed E-state index contributed by atoms with van der Waals surface area (Å²) in [5.41, 5.74) is -0.275. The zero-order chi connectivity index (χ0) is 21.7. The van der Waals surface area contributed by atoms with E-state index < -0.39 is 27.7 Å². The van der Waals surface area contributed by atoms with Crippen molar-refractivity contribution in [1.29, 1.82) is 0 Å². The lowest BCUT2D eigenvalue weighted by molar-refractivity contribution is -0.137. The van der Waals surface area contributed by atoms with Gasteiger partial charge in [-0.3, -0.25) is 4.79 Å². The molecule has 0 aliphatic heterocycles. The van der Waals surface area contributed by atoms with Crippen LogP contribution in [0.25, 0.3) is 0 Å². The van der Waals surface area contributed by atoms with Gasteiger partial charge in [-0.1, -0.05) is 19.9 Å². The number of carbonyl (C=O) groups excluding carboxylic acids is 1. The number of hydrogen-bond donors (Lipinski definition) is 2. The molecule has 0 aliphatic carbocycles. The average Bonchev–Trinajstić information content (AvgIpc) is 2.67. The Hall–Kier alpha value is -2.59. The normalized spacial score (nSPS) is 12.1. The second-order valence-corrected chi connectivity index (χ2v) is 8.03. The summed E-state index contributed by atoms with van der Waals surface area (Å²) in [5, 5.41) is 5.19. The van der Waals surface area contributed by atoms with E-state index >= 15 is 0 Å². The Labute approximate surface area is 167 Å². The van der Waals surface area contributed by atoms with Gasteiger partial charge in [0.25, 0.3) is 0 Å². The number of hydrogen-bond acceptors (Lipinski definition) is 4. The van der Waals surface area contributed by atoms with Crippen LogP contribution in [0.2, 0.25) is 0 Å². The van der Waals surface area contributed by atoms with Crippen molar-refractivity contribution in [1.82, 2.24) is 4.31 Å². The van der Waals surface area contributed by atoms with Gasteiger partial charge in [0.15, 0.2) is 0 Å². The molecule has 0 spiro atoms. The summed E-state index contributed by atoms with van der Waals surface area (Å²) in [6.07, 6.45) is -4.47. The van der Waals surface area contributed by atoms with Crippen LogP contribution in [0.15, 0.2) is 53.4 Å². The number of anilines is 2. The number of benzene rings is 2. The lowest BCUT2D eigenvalue weighted by atomic mass is 10.2. The van der Waals surface area contributed by atoms with Crippen LogP contribution in [0.3, 0.4) is 0 Å². The molecule has 2 aromatic carbocycles. The van der Waals surface area contributed by atoms with Crippen LogP contribution in [0.1, 0.15) is 19.4 Å². The highest BCUT2D eigenvalue weighted by Crippen LogP contribution is 2.30. The topological polar surface area (TPSA) is 78.5 Å². The molecule has 2 rings (SSSR count). The molecule has 2 aromatic rings. The maximum Gasteiger partial charge on any atom is 0.416 e. The first kappa shape index (κ1) is 22.7. The molecule has 0 bridgehead atoms. The fourth-order valence-electron chi connectivity index (χ4n) is 2.62. The Kier molecular flexibility index (Phi) is 7.26. The van der Waals surface area contributed by atoms with Gasteiger partial charge >= 0.3 is 6.18 Å². The molecule has 0 aliphatic rings. The van der Waals surface area contributed by atoms with Crippen molar-refractivity contribution < 1.29 is 26.4 Å². The fourth-order valence-corrected chi connectivity index (χ4v) is 4.07. The second-order valence-electron chi connectivity index (χ2n) is 6.09. The van der Waals surface area contributed by atoms with E-state index in [4.69, 9.17) is 0 Å². The second kappa shape index (κ2) is 9.27. The van der Waals surface area contributed by atoms with E-state index in [0.717, 1.165) is 12.1 Å². The molecule has 0 unspecified atom stereocenters. The maximum absolute atomic E-state index is 12.7. The van der Waals surface area contributed by atoms with Crippen LogP contribution in [-0.2, 0) is 21.0 Å². The van der Waals surface area contributed by atoms with Gasteiger partial charge in [0.1, 0.15) is 0 Å². The lowest BCUT2D eigenvalue weighted by Crippen LogP contribution is -2.30. The quantitative estimate of drug-likeness (QED) is 0.669. The molecule has 0 fully saturated rings. The Morgan fingerprint density at radius 3 is 2.17 bits per heavy atom. The minimum atomic E-state index is -4.47. The Balaban J connectivity index is 1.98. The van der Waals surface area contributed by atoms with E-state index in [0.29, 0.717) is 18.8 Å². The van der Waals surface area contributed by atoms with Crippen LogP contribution in [0.5, 0.6) is 0 Å². The predicted molar refractivity (Wildman–Crippen MR) is 105 cm³/mol. The predicted octanol–water partition coefficient (Wildman–Crippen LogP) is 3.79. The Morgan fingerprint density at radius 1 is 1.00 bits per heavy atom. The highest BCUT2D eigenvalue weighted by molar-refractivity contribution is 7.89.